The monoisotopic (exact) mass is 300 g/mol. The van der Waals surface area contributed by atoms with Crippen molar-refractivity contribution >= 4 is 23.3 Å². The molecule has 0 aliphatic heterocycles. The summed E-state index contributed by atoms with van der Waals surface area (Å²) < 4.78 is 4.10. The van der Waals surface area contributed by atoms with E-state index in [1.54, 1.807) is 18.0 Å². The normalized spacial score (nSPS) is 10.7. The van der Waals surface area contributed by atoms with E-state index in [0.29, 0.717) is 5.82 Å². The van der Waals surface area contributed by atoms with Gasteiger partial charge < -0.3 is 0 Å². The Labute approximate surface area is 125 Å². The molecule has 0 saturated carbocycles. The van der Waals surface area contributed by atoms with Crippen LogP contribution in [-0.4, -0.2) is 19.3 Å². The summed E-state index contributed by atoms with van der Waals surface area (Å²) in [4.78, 5) is 13.3. The van der Waals surface area contributed by atoms with Crippen LogP contribution in [0.4, 0.5) is 0 Å². The summed E-state index contributed by atoms with van der Waals surface area (Å²) in [5.74, 6) is 1.55. The fourth-order valence-corrected chi connectivity index (χ4v) is 3.20. The summed E-state index contributed by atoms with van der Waals surface area (Å²) in [7, 11) is 0. The van der Waals surface area contributed by atoms with E-state index < -0.39 is 0 Å². The van der Waals surface area contributed by atoms with E-state index in [4.69, 9.17) is 0 Å². The summed E-state index contributed by atoms with van der Waals surface area (Å²) >= 11 is 3.16. The molecule has 0 radical (unpaired) electrons. The molecule has 0 aliphatic carbocycles. The number of nitrogens with zero attached hydrogens (tertiary/aromatic N) is 4. The number of pyridine rings is 1. The van der Waals surface area contributed by atoms with Crippen LogP contribution >= 0.6 is 23.3 Å². The van der Waals surface area contributed by atoms with Gasteiger partial charge in [0.15, 0.2) is 5.82 Å². The highest BCUT2D eigenvalue weighted by atomic mass is 32.2. The van der Waals surface area contributed by atoms with Crippen LogP contribution in [0.15, 0.2) is 47.1 Å². The van der Waals surface area contributed by atoms with Gasteiger partial charge in [-0.15, -0.1) is 11.8 Å². The van der Waals surface area contributed by atoms with Crippen LogP contribution in [0.25, 0.3) is 11.5 Å². The molecule has 0 N–H and O–H groups in total. The van der Waals surface area contributed by atoms with Crippen LogP contribution in [0, 0.1) is 6.92 Å². The number of hydrogen-bond acceptors (Lipinski definition) is 6. The first-order valence-corrected chi connectivity index (χ1v) is 7.91. The highest BCUT2D eigenvalue weighted by Crippen LogP contribution is 2.24. The molecule has 4 nitrogen and oxygen atoms in total. The van der Waals surface area contributed by atoms with Gasteiger partial charge in [0, 0.05) is 29.2 Å². The van der Waals surface area contributed by atoms with Crippen LogP contribution in [0.1, 0.15) is 11.3 Å². The number of aromatic nitrogens is 4. The SMILES string of the molecule is Cc1cc(SCc2cnsc2)nc(-c2ccccn2)n1. The lowest BCUT2D eigenvalue weighted by atomic mass is 10.3. The zero-order valence-corrected chi connectivity index (χ0v) is 12.5. The van der Waals surface area contributed by atoms with Crippen LogP contribution in [0.2, 0.25) is 0 Å². The fourth-order valence-electron chi connectivity index (χ4n) is 1.68. The summed E-state index contributed by atoms with van der Waals surface area (Å²) in [6.45, 7) is 1.98. The molecule has 3 rings (SSSR count). The molecular weight excluding hydrogens is 288 g/mol. The van der Waals surface area contributed by atoms with Crippen molar-refractivity contribution in [2.45, 2.75) is 17.7 Å². The zero-order chi connectivity index (χ0) is 13.8. The van der Waals surface area contributed by atoms with E-state index in [-0.39, 0.29) is 0 Å². The van der Waals surface area contributed by atoms with E-state index in [1.807, 2.05) is 37.4 Å². The summed E-state index contributed by atoms with van der Waals surface area (Å²) in [5.41, 5.74) is 2.97. The molecule has 0 aliphatic rings. The minimum absolute atomic E-state index is 0.677. The van der Waals surface area contributed by atoms with Crippen molar-refractivity contribution in [3.8, 4) is 11.5 Å². The number of thioether (sulfide) groups is 1. The predicted molar refractivity (Wildman–Crippen MR) is 81.7 cm³/mol. The van der Waals surface area contributed by atoms with Crippen molar-refractivity contribution in [2.24, 2.45) is 0 Å². The molecule has 3 aromatic rings. The maximum absolute atomic E-state index is 4.58. The second kappa shape index (κ2) is 6.11. The van der Waals surface area contributed by atoms with Gasteiger partial charge in [0.05, 0.1) is 0 Å². The Kier molecular flexibility index (Phi) is 4.03. The Balaban J connectivity index is 1.83. The van der Waals surface area contributed by atoms with Crippen LogP contribution < -0.4 is 0 Å². The van der Waals surface area contributed by atoms with Crippen molar-refractivity contribution in [3.05, 3.63) is 53.3 Å². The van der Waals surface area contributed by atoms with Crippen molar-refractivity contribution < 1.29 is 0 Å². The molecule has 0 fully saturated rings. The molecule has 6 heteroatoms. The molecule has 0 aromatic carbocycles. The molecule has 20 heavy (non-hydrogen) atoms. The number of hydrogen-bond donors (Lipinski definition) is 0. The highest BCUT2D eigenvalue weighted by molar-refractivity contribution is 7.98. The van der Waals surface area contributed by atoms with Crippen LogP contribution in [0.3, 0.4) is 0 Å². The van der Waals surface area contributed by atoms with Gasteiger partial charge in [-0.1, -0.05) is 6.07 Å². The van der Waals surface area contributed by atoms with Gasteiger partial charge in [-0.25, -0.2) is 14.3 Å². The van der Waals surface area contributed by atoms with Gasteiger partial charge in [-0.05, 0) is 42.2 Å². The maximum atomic E-state index is 4.58. The lowest BCUT2D eigenvalue weighted by Gasteiger charge is -2.04. The Morgan fingerprint density at radius 2 is 2.20 bits per heavy atom. The van der Waals surface area contributed by atoms with Gasteiger partial charge in [0.1, 0.15) is 10.7 Å². The van der Waals surface area contributed by atoms with Crippen molar-refractivity contribution in [1.82, 2.24) is 19.3 Å². The largest absolute Gasteiger partial charge is 0.253 e. The smallest absolute Gasteiger partial charge is 0.179 e. The summed E-state index contributed by atoms with van der Waals surface area (Å²) in [6.07, 6.45) is 3.65. The van der Waals surface area contributed by atoms with Gasteiger partial charge in [-0.2, -0.15) is 0 Å². The average Bonchev–Trinajstić information content (AvgIpc) is 2.99. The van der Waals surface area contributed by atoms with E-state index in [0.717, 1.165) is 22.2 Å². The molecule has 100 valence electrons. The van der Waals surface area contributed by atoms with E-state index in [9.17, 15) is 0 Å². The topological polar surface area (TPSA) is 51.6 Å². The Morgan fingerprint density at radius 3 is 2.95 bits per heavy atom. The maximum Gasteiger partial charge on any atom is 0.179 e. The molecule has 3 aromatic heterocycles. The lowest BCUT2D eigenvalue weighted by molar-refractivity contribution is 1.00. The summed E-state index contributed by atoms with van der Waals surface area (Å²) in [6, 6.07) is 7.75. The Hall–Kier alpha value is -1.79. The van der Waals surface area contributed by atoms with Crippen LogP contribution in [-0.2, 0) is 5.75 Å². The third-order valence-corrected chi connectivity index (χ3v) is 4.21. The molecule has 0 amide bonds. The van der Waals surface area contributed by atoms with Crippen LogP contribution in [0.5, 0.6) is 0 Å². The molecule has 0 unspecified atom stereocenters. The lowest BCUT2D eigenvalue weighted by Crippen LogP contribution is -1.95. The van der Waals surface area contributed by atoms with E-state index in [1.165, 1.54) is 17.1 Å². The molecular formula is C14H12N4S2. The first-order valence-electron chi connectivity index (χ1n) is 6.09. The molecule has 0 saturated heterocycles. The summed E-state index contributed by atoms with van der Waals surface area (Å²) in [5, 5.41) is 3.02. The first-order chi connectivity index (χ1) is 9.81. The van der Waals surface area contributed by atoms with Gasteiger partial charge >= 0.3 is 0 Å². The van der Waals surface area contributed by atoms with E-state index >= 15 is 0 Å². The predicted octanol–water partition coefficient (Wildman–Crippen LogP) is 3.60. The van der Waals surface area contributed by atoms with Crippen molar-refractivity contribution in [2.75, 3.05) is 0 Å². The second-order valence-electron chi connectivity index (χ2n) is 4.21. The minimum atomic E-state index is 0.677. The molecule has 0 spiro atoms. The third kappa shape index (κ3) is 3.20. The first kappa shape index (κ1) is 13.2. The Bertz CT molecular complexity index is 684. The average molecular weight is 300 g/mol. The van der Waals surface area contributed by atoms with Gasteiger partial charge in [0.25, 0.3) is 0 Å². The zero-order valence-electron chi connectivity index (χ0n) is 10.9. The molecule has 0 bridgehead atoms. The Morgan fingerprint density at radius 1 is 1.25 bits per heavy atom. The highest BCUT2D eigenvalue weighted by Gasteiger charge is 2.07. The van der Waals surface area contributed by atoms with Crippen molar-refractivity contribution in [1.29, 1.82) is 0 Å². The standard InChI is InChI=1S/C14H12N4S2/c1-10-6-13(19-8-11-7-16-20-9-11)18-14(17-10)12-4-2-3-5-15-12/h2-7,9H,8H2,1H3. The number of rotatable bonds is 4. The van der Waals surface area contributed by atoms with E-state index in [2.05, 4.69) is 24.7 Å². The molecule has 0 atom stereocenters. The molecule has 3 heterocycles. The third-order valence-electron chi connectivity index (χ3n) is 2.59. The van der Waals surface area contributed by atoms with Gasteiger partial charge in [0.2, 0.25) is 0 Å². The fraction of sp³-hybridized carbons (Fsp3) is 0.143. The second-order valence-corrected chi connectivity index (χ2v) is 5.86. The van der Waals surface area contributed by atoms with Crippen molar-refractivity contribution in [3.63, 3.8) is 0 Å². The van der Waals surface area contributed by atoms with Gasteiger partial charge in [-0.3, -0.25) is 4.98 Å². The quantitative estimate of drug-likeness (QED) is 0.544. The minimum Gasteiger partial charge on any atom is -0.253 e. The number of aryl methyl sites for hydroxylation is 1.